The van der Waals surface area contributed by atoms with Crippen LogP contribution in [0, 0.1) is 105 Å². The van der Waals surface area contributed by atoms with Gasteiger partial charge in [0.25, 0.3) is 0 Å². The average molecular weight is 1040 g/mol. The van der Waals surface area contributed by atoms with Gasteiger partial charge >= 0.3 is 17.9 Å². The van der Waals surface area contributed by atoms with Crippen LogP contribution in [0.25, 0.3) is 0 Å². The summed E-state index contributed by atoms with van der Waals surface area (Å²) in [7, 11) is 2.63. The molecule has 0 aromatic carbocycles. The van der Waals surface area contributed by atoms with Gasteiger partial charge < -0.3 is 46.1 Å². The summed E-state index contributed by atoms with van der Waals surface area (Å²) in [6.07, 6.45) is 18.6. The summed E-state index contributed by atoms with van der Waals surface area (Å²) in [6, 6.07) is 0. The fraction of sp³-hybridized carbons (Fsp3) is 0.931. The van der Waals surface area contributed by atoms with Crippen molar-refractivity contribution in [1.82, 2.24) is 5.32 Å². The van der Waals surface area contributed by atoms with Gasteiger partial charge in [-0.15, -0.1) is 12.4 Å². The first kappa shape index (κ1) is 60.8. The second-order valence-electron chi connectivity index (χ2n) is 25.8. The molecule has 8 fully saturated rings. The number of carboxylic acid groups (broad SMARTS) is 1. The van der Waals surface area contributed by atoms with E-state index in [0.717, 1.165) is 64.2 Å². The van der Waals surface area contributed by atoms with Crippen LogP contribution in [-0.4, -0.2) is 101 Å². The molecule has 0 heterocycles. The molecule has 8 aliphatic carbocycles. The van der Waals surface area contributed by atoms with Gasteiger partial charge in [0.05, 0.1) is 45.2 Å². The number of halogens is 1. The number of fused-ring (bicyclic) bond motifs is 10. The van der Waals surface area contributed by atoms with Crippen LogP contribution in [0.15, 0.2) is 0 Å². The Hall–Kier alpha value is -2.03. The highest BCUT2D eigenvalue weighted by Crippen LogP contribution is 2.71. The molecule has 0 saturated heterocycles. The molecule has 0 spiro atoms. The highest BCUT2D eigenvalue weighted by molar-refractivity contribution is 5.85. The molecule has 22 atom stereocenters. The molecular weight excluding hydrogens is 936 g/mol. The lowest BCUT2D eigenvalue weighted by Crippen LogP contribution is -2.62. The van der Waals surface area contributed by atoms with Gasteiger partial charge in [-0.1, -0.05) is 68.2 Å². The Morgan fingerprint density at radius 1 is 0.583 bits per heavy atom. The molecule has 416 valence electrons. The van der Waals surface area contributed by atoms with E-state index in [-0.39, 0.29) is 95.8 Å². The van der Waals surface area contributed by atoms with Gasteiger partial charge in [-0.25, -0.2) is 0 Å². The van der Waals surface area contributed by atoms with E-state index in [2.05, 4.69) is 70.2 Å². The Bertz CT molecular complexity index is 1820. The van der Waals surface area contributed by atoms with Crippen LogP contribution in [0.2, 0.25) is 0 Å². The van der Waals surface area contributed by atoms with Crippen LogP contribution in [-0.2, 0) is 28.7 Å². The quantitative estimate of drug-likeness (QED) is 0.0859. The number of esters is 2. The highest BCUT2D eigenvalue weighted by Gasteiger charge is 2.67. The van der Waals surface area contributed by atoms with E-state index in [4.69, 9.17) is 10.8 Å². The number of aliphatic hydroxyl groups excluding tert-OH is 4. The molecule has 0 aromatic heterocycles. The van der Waals surface area contributed by atoms with Gasteiger partial charge in [-0.05, 0) is 207 Å². The van der Waals surface area contributed by atoms with Crippen LogP contribution in [0.5, 0.6) is 0 Å². The van der Waals surface area contributed by atoms with E-state index >= 15 is 0 Å². The first-order valence-corrected chi connectivity index (χ1v) is 28.5. The van der Waals surface area contributed by atoms with E-state index < -0.39 is 11.9 Å². The van der Waals surface area contributed by atoms with Crippen molar-refractivity contribution in [3.05, 3.63) is 0 Å². The number of carbonyl (C=O) groups excluding carboxylic acids is 3. The van der Waals surface area contributed by atoms with E-state index in [0.29, 0.717) is 83.4 Å². The first-order valence-electron chi connectivity index (χ1n) is 28.5. The summed E-state index contributed by atoms with van der Waals surface area (Å²) in [6.45, 7) is 18.8. The third kappa shape index (κ3) is 11.8. The Kier molecular flexibility index (Phi) is 21.1. The number of carboxylic acids is 1. The van der Waals surface area contributed by atoms with Crippen molar-refractivity contribution in [2.24, 2.45) is 110 Å². The maximum absolute atomic E-state index is 12.3. The Morgan fingerprint density at radius 3 is 1.33 bits per heavy atom. The topological polar surface area (TPSA) is 226 Å². The Balaban J connectivity index is 0.000000239. The molecule has 72 heavy (non-hydrogen) atoms. The summed E-state index contributed by atoms with van der Waals surface area (Å²) in [5, 5.41) is 56.2. The summed E-state index contributed by atoms with van der Waals surface area (Å²) in [4.78, 5) is 44.5. The molecule has 13 nitrogen and oxygen atoms in total. The molecule has 8 saturated carbocycles. The maximum Gasteiger partial charge on any atom is 0.325 e. The minimum atomic E-state index is -0.683. The van der Waals surface area contributed by atoms with Gasteiger partial charge in [0.15, 0.2) is 0 Å². The second kappa shape index (κ2) is 25.0. The molecule has 8 rings (SSSR count). The standard InChI is InChI=1S/C29H49NO5.C26H44O4.C3H7NO2.ClH/c1-6-19-23-15-18(31)11-13-29(23,4)22-12-14-28(3)20(8-9-21(28)26(22)27(19)34)17(2)7-10-24(32)30-16-25(33)35-5;1-5-17-21-14-16(27)10-12-26(21,4)20-11-13-25(3)18(15(2)6-9-22(28)29)7-8-19(25)23(20)24(17)30;1-6-3(5)2-4;/h17-23,26-27,31,34H,6-16H2,1-5H3,(H,30,32);15-21,23-24,27,30H,5-14H2,1-4H3,(H,28,29);2,4H2,1H3;1H/t17-,18-,19-,20-,21+,22+,23+,26+,27-,28-,29-;15-,16-,17-,18-,19+,20+,21+,23+,24-,25-,26-;;/m11../s1. The zero-order valence-electron chi connectivity index (χ0n) is 46.1. The summed E-state index contributed by atoms with van der Waals surface area (Å²) < 4.78 is 8.74. The third-order valence-corrected chi connectivity index (χ3v) is 23.0. The molecular formula is C58H101ClN2O11. The Morgan fingerprint density at radius 2 is 0.972 bits per heavy atom. The smallest absolute Gasteiger partial charge is 0.325 e. The van der Waals surface area contributed by atoms with Gasteiger partial charge in [0.2, 0.25) is 5.91 Å². The fourth-order valence-corrected chi connectivity index (χ4v) is 19.4. The van der Waals surface area contributed by atoms with Crippen molar-refractivity contribution in [3.8, 4) is 0 Å². The van der Waals surface area contributed by atoms with Crippen LogP contribution in [0.3, 0.4) is 0 Å². The number of carbonyl (C=O) groups is 4. The molecule has 8 N–H and O–H groups in total. The van der Waals surface area contributed by atoms with Crippen LogP contribution in [0.4, 0.5) is 0 Å². The number of nitrogens with two attached hydrogens (primary N) is 1. The van der Waals surface area contributed by atoms with Crippen LogP contribution < -0.4 is 11.1 Å². The lowest BCUT2D eigenvalue weighted by Gasteiger charge is -2.64. The molecule has 14 heteroatoms. The molecule has 0 aromatic rings. The first-order chi connectivity index (χ1) is 33.5. The van der Waals surface area contributed by atoms with Crippen molar-refractivity contribution >= 4 is 36.2 Å². The van der Waals surface area contributed by atoms with Crippen molar-refractivity contribution in [1.29, 1.82) is 0 Å². The molecule has 1 amide bonds. The number of aliphatic hydroxyl groups is 4. The summed E-state index contributed by atoms with van der Waals surface area (Å²) >= 11 is 0. The monoisotopic (exact) mass is 1040 g/mol. The van der Waals surface area contributed by atoms with Gasteiger partial charge in [0.1, 0.15) is 6.54 Å². The van der Waals surface area contributed by atoms with E-state index in [1.54, 1.807) is 0 Å². The predicted molar refractivity (Wildman–Crippen MR) is 281 cm³/mol. The van der Waals surface area contributed by atoms with Crippen molar-refractivity contribution in [2.45, 2.75) is 208 Å². The zero-order chi connectivity index (χ0) is 52.4. The van der Waals surface area contributed by atoms with Crippen molar-refractivity contribution in [2.75, 3.05) is 27.3 Å². The third-order valence-electron chi connectivity index (χ3n) is 23.0. The second-order valence-corrected chi connectivity index (χ2v) is 25.8. The van der Waals surface area contributed by atoms with Gasteiger partial charge in [-0.3, -0.25) is 19.2 Å². The number of hydrogen-bond acceptors (Lipinski definition) is 11. The maximum atomic E-state index is 12.3. The van der Waals surface area contributed by atoms with E-state index in [1.807, 2.05) is 0 Å². The number of nitrogens with one attached hydrogen (secondary N) is 1. The molecule has 0 bridgehead atoms. The van der Waals surface area contributed by atoms with Crippen LogP contribution in [0.1, 0.15) is 184 Å². The van der Waals surface area contributed by atoms with E-state index in [9.17, 15) is 39.6 Å². The SMILES string of the molecule is CC[C@H]1[C@@H](O)[C@@H]2[C@H](CC[C@]3(C)[C@@H]([C@H](C)CCC(=O)NCC(=O)OC)CC[C@@H]23)[C@@]2(C)CC[C@@H](O)C[C@@H]12.CC[C@H]1[C@@H](O)[C@@H]2[C@H](CC[C@]3(C)[C@@H]([C@H](C)CCC(=O)O)CC[C@@H]23)[C@@]2(C)CC[C@@H](O)C[C@@H]12.COC(=O)CN.Cl. The van der Waals surface area contributed by atoms with Gasteiger partial charge in [-0.2, -0.15) is 0 Å². The van der Waals surface area contributed by atoms with Crippen LogP contribution >= 0.6 is 12.4 Å². The largest absolute Gasteiger partial charge is 0.481 e. The lowest BCUT2D eigenvalue weighted by molar-refractivity contribution is -0.203. The average Bonchev–Trinajstić information content (AvgIpc) is 3.89. The molecule has 8 aliphatic rings. The number of ether oxygens (including phenoxy) is 2. The zero-order valence-corrected chi connectivity index (χ0v) is 46.9. The van der Waals surface area contributed by atoms with E-state index in [1.165, 1.54) is 65.6 Å². The lowest BCUT2D eigenvalue weighted by atomic mass is 9.41. The number of amides is 1. The molecule has 0 unspecified atom stereocenters. The summed E-state index contributed by atoms with van der Waals surface area (Å²) in [5.41, 5.74) is 5.72. The normalized spacial score (nSPS) is 44.3. The number of hydrogen-bond donors (Lipinski definition) is 7. The number of rotatable bonds is 13. The fourth-order valence-electron chi connectivity index (χ4n) is 19.4. The summed E-state index contributed by atoms with van der Waals surface area (Å²) in [5.74, 6) is 4.84. The molecule has 0 aliphatic heterocycles. The van der Waals surface area contributed by atoms with Crippen molar-refractivity contribution < 1.29 is 54.2 Å². The van der Waals surface area contributed by atoms with Gasteiger partial charge in [0, 0.05) is 12.8 Å². The minimum Gasteiger partial charge on any atom is -0.481 e. The molecule has 0 radical (unpaired) electrons. The Labute approximate surface area is 439 Å². The minimum absolute atomic E-state index is 0. The number of methoxy groups -OCH3 is 2. The van der Waals surface area contributed by atoms with Crippen molar-refractivity contribution in [3.63, 3.8) is 0 Å². The highest BCUT2D eigenvalue weighted by atomic mass is 35.5. The predicted octanol–water partition coefficient (Wildman–Crippen LogP) is 8.97. The number of aliphatic carboxylic acids is 1.